The van der Waals surface area contributed by atoms with Crippen LogP contribution in [-0.2, 0) is 14.3 Å². The van der Waals surface area contributed by atoms with Gasteiger partial charge in [0.15, 0.2) is 0 Å². The zero-order valence-electron chi connectivity index (χ0n) is 17.2. The Balaban J connectivity index is 1.79. The van der Waals surface area contributed by atoms with Gasteiger partial charge in [-0.3, -0.25) is 9.59 Å². The van der Waals surface area contributed by atoms with E-state index in [9.17, 15) is 9.59 Å². The number of ether oxygens (including phenoxy) is 3. The quantitative estimate of drug-likeness (QED) is 0.568. The minimum atomic E-state index is -0.539. The third-order valence-electron chi connectivity index (χ3n) is 5.32. The van der Waals surface area contributed by atoms with Crippen molar-refractivity contribution in [2.24, 2.45) is 5.73 Å². The molecule has 0 bridgehead atoms. The number of amides is 2. The zero-order chi connectivity index (χ0) is 20.8. The molecule has 1 unspecified atom stereocenters. The molecule has 0 aromatic heterocycles. The predicted molar refractivity (Wildman–Crippen MR) is 108 cm³/mol. The van der Waals surface area contributed by atoms with Crippen molar-refractivity contribution >= 4 is 11.8 Å². The van der Waals surface area contributed by atoms with Gasteiger partial charge in [-0.1, -0.05) is 6.07 Å². The zero-order valence-corrected chi connectivity index (χ0v) is 17.2. The summed E-state index contributed by atoms with van der Waals surface area (Å²) in [6, 6.07) is 5.40. The van der Waals surface area contributed by atoms with E-state index in [0.717, 1.165) is 24.9 Å². The van der Waals surface area contributed by atoms with Crippen LogP contribution in [0.3, 0.4) is 0 Å². The van der Waals surface area contributed by atoms with Crippen LogP contribution in [0.4, 0.5) is 0 Å². The van der Waals surface area contributed by atoms with E-state index in [1.165, 1.54) is 0 Å². The van der Waals surface area contributed by atoms with Gasteiger partial charge in [0, 0.05) is 39.3 Å². The molecular weight excluding hydrogens is 374 g/mol. The summed E-state index contributed by atoms with van der Waals surface area (Å²) in [6.07, 6.45) is 2.24. The maximum atomic E-state index is 13.1. The number of nitrogens with one attached hydrogen (secondary N) is 1. The molecule has 3 N–H and O–H groups in total. The van der Waals surface area contributed by atoms with Gasteiger partial charge in [0.1, 0.15) is 11.9 Å². The third kappa shape index (κ3) is 5.46. The largest absolute Gasteiger partial charge is 0.493 e. The monoisotopic (exact) mass is 405 g/mol. The lowest BCUT2D eigenvalue weighted by Gasteiger charge is -2.34. The molecule has 8 heteroatoms. The highest BCUT2D eigenvalue weighted by Gasteiger charge is 2.40. The molecule has 1 aromatic carbocycles. The Kier molecular flexibility index (Phi) is 7.46. The highest BCUT2D eigenvalue weighted by molar-refractivity contribution is 5.95. The van der Waals surface area contributed by atoms with Gasteiger partial charge < -0.3 is 30.2 Å². The molecule has 1 aliphatic heterocycles. The standard InChI is InChI=1S/C21H31N3O5/c1-14(24(16-5-6-16)21(26)19-13-23-8-11-29-19)15-4-7-17(20(22)25)18(12-15)28-10-3-9-27-2/h4,7,12,14,16,19,23H,3,5-6,8-11,13H2,1-2H3,(H2,22,25)/t14?,19-/m1/s1. The first-order valence-electron chi connectivity index (χ1n) is 10.2. The van der Waals surface area contributed by atoms with Crippen LogP contribution in [0.5, 0.6) is 5.75 Å². The third-order valence-corrected chi connectivity index (χ3v) is 5.32. The summed E-state index contributed by atoms with van der Waals surface area (Å²) in [4.78, 5) is 26.9. The average molecular weight is 405 g/mol. The number of rotatable bonds is 10. The van der Waals surface area contributed by atoms with Crippen LogP contribution in [0.25, 0.3) is 0 Å². The summed E-state index contributed by atoms with van der Waals surface area (Å²) in [5, 5.41) is 3.22. The number of hydrogen-bond donors (Lipinski definition) is 2. The van der Waals surface area contributed by atoms with Crippen molar-refractivity contribution in [2.75, 3.05) is 40.0 Å². The minimum absolute atomic E-state index is 0.00809. The summed E-state index contributed by atoms with van der Waals surface area (Å²) >= 11 is 0. The van der Waals surface area contributed by atoms with Crippen molar-refractivity contribution in [1.29, 1.82) is 0 Å². The van der Waals surface area contributed by atoms with Crippen molar-refractivity contribution in [2.45, 2.75) is 44.4 Å². The lowest BCUT2D eigenvalue weighted by molar-refractivity contribution is -0.148. The Bertz CT molecular complexity index is 716. The van der Waals surface area contributed by atoms with Gasteiger partial charge in [-0.05, 0) is 37.5 Å². The lowest BCUT2D eigenvalue weighted by Crippen LogP contribution is -2.50. The number of morpholine rings is 1. The Hall–Kier alpha value is -2.16. The summed E-state index contributed by atoms with van der Waals surface area (Å²) in [6.45, 7) is 4.82. The first kappa shape index (κ1) is 21.5. The van der Waals surface area contributed by atoms with Gasteiger partial charge >= 0.3 is 0 Å². The van der Waals surface area contributed by atoms with E-state index in [0.29, 0.717) is 44.1 Å². The molecule has 1 aliphatic carbocycles. The Morgan fingerprint density at radius 3 is 2.76 bits per heavy atom. The highest BCUT2D eigenvalue weighted by atomic mass is 16.5. The minimum Gasteiger partial charge on any atom is -0.493 e. The summed E-state index contributed by atoms with van der Waals surface area (Å²) < 4.78 is 16.5. The van der Waals surface area contributed by atoms with Crippen LogP contribution >= 0.6 is 0 Å². The molecule has 1 saturated carbocycles. The van der Waals surface area contributed by atoms with E-state index in [1.54, 1.807) is 13.2 Å². The highest BCUT2D eigenvalue weighted by Crippen LogP contribution is 2.36. The molecule has 2 fully saturated rings. The first-order chi connectivity index (χ1) is 14.0. The van der Waals surface area contributed by atoms with Gasteiger partial charge in [0.25, 0.3) is 11.8 Å². The van der Waals surface area contributed by atoms with Crippen molar-refractivity contribution in [1.82, 2.24) is 10.2 Å². The fourth-order valence-corrected chi connectivity index (χ4v) is 3.60. The number of nitrogens with zero attached hydrogens (tertiary/aromatic N) is 1. The molecule has 2 aliphatic rings. The predicted octanol–water partition coefficient (Wildman–Crippen LogP) is 1.24. The topological polar surface area (TPSA) is 103 Å². The van der Waals surface area contributed by atoms with E-state index < -0.39 is 12.0 Å². The van der Waals surface area contributed by atoms with Crippen LogP contribution in [0.1, 0.15) is 48.1 Å². The van der Waals surface area contributed by atoms with Gasteiger partial charge in [0.2, 0.25) is 0 Å². The Morgan fingerprint density at radius 2 is 2.14 bits per heavy atom. The van der Waals surface area contributed by atoms with E-state index >= 15 is 0 Å². The molecule has 29 heavy (non-hydrogen) atoms. The molecule has 8 nitrogen and oxygen atoms in total. The number of hydrogen-bond acceptors (Lipinski definition) is 6. The fraction of sp³-hybridized carbons (Fsp3) is 0.619. The first-order valence-corrected chi connectivity index (χ1v) is 10.2. The lowest BCUT2D eigenvalue weighted by atomic mass is 10.0. The van der Waals surface area contributed by atoms with Gasteiger partial charge in [-0.2, -0.15) is 0 Å². The van der Waals surface area contributed by atoms with Gasteiger partial charge in [-0.15, -0.1) is 0 Å². The number of carbonyl (C=O) groups excluding carboxylic acids is 2. The average Bonchev–Trinajstić information content (AvgIpc) is 3.56. The second-order valence-electron chi connectivity index (χ2n) is 7.53. The normalized spacial score (nSPS) is 20.1. The van der Waals surface area contributed by atoms with E-state index in [4.69, 9.17) is 19.9 Å². The SMILES string of the molecule is COCCCOc1cc(C(C)N(C(=O)[C@H]2CNCCO2)C2CC2)ccc1C(N)=O. The fourth-order valence-electron chi connectivity index (χ4n) is 3.60. The second-order valence-corrected chi connectivity index (χ2v) is 7.53. The maximum Gasteiger partial charge on any atom is 0.253 e. The number of methoxy groups -OCH3 is 1. The smallest absolute Gasteiger partial charge is 0.253 e. The molecule has 1 aromatic rings. The molecule has 1 saturated heterocycles. The molecule has 0 spiro atoms. The summed E-state index contributed by atoms with van der Waals surface area (Å²) in [5.74, 6) is -0.0896. The van der Waals surface area contributed by atoms with E-state index in [1.807, 2.05) is 24.0 Å². The summed E-state index contributed by atoms with van der Waals surface area (Å²) in [7, 11) is 1.63. The molecule has 160 valence electrons. The number of primary amides is 1. The molecule has 1 heterocycles. The molecule has 0 radical (unpaired) electrons. The van der Waals surface area contributed by atoms with Gasteiger partial charge in [0.05, 0.1) is 24.8 Å². The molecule has 2 amide bonds. The molecule has 2 atom stereocenters. The number of nitrogens with two attached hydrogens (primary N) is 1. The van der Waals surface area contributed by atoms with E-state index in [-0.39, 0.29) is 18.0 Å². The Labute approximate surface area is 171 Å². The van der Waals surface area contributed by atoms with Crippen molar-refractivity contribution in [3.05, 3.63) is 29.3 Å². The van der Waals surface area contributed by atoms with Crippen molar-refractivity contribution in [3.8, 4) is 5.75 Å². The maximum absolute atomic E-state index is 13.1. The van der Waals surface area contributed by atoms with E-state index in [2.05, 4.69) is 5.32 Å². The van der Waals surface area contributed by atoms with Crippen molar-refractivity contribution in [3.63, 3.8) is 0 Å². The van der Waals surface area contributed by atoms with Crippen LogP contribution in [0.15, 0.2) is 18.2 Å². The second kappa shape index (κ2) is 10.0. The van der Waals surface area contributed by atoms with Crippen LogP contribution in [-0.4, -0.2) is 68.9 Å². The van der Waals surface area contributed by atoms with Crippen molar-refractivity contribution < 1.29 is 23.8 Å². The van der Waals surface area contributed by atoms with Crippen LogP contribution < -0.4 is 15.8 Å². The van der Waals surface area contributed by atoms with Crippen LogP contribution in [0, 0.1) is 0 Å². The molecular formula is C21H31N3O5. The summed E-state index contributed by atoms with van der Waals surface area (Å²) in [5.41, 5.74) is 6.74. The molecule has 3 rings (SSSR count). The number of carbonyl (C=O) groups is 2. The Morgan fingerprint density at radius 1 is 1.34 bits per heavy atom. The number of benzene rings is 1. The van der Waals surface area contributed by atoms with Crippen LogP contribution in [0.2, 0.25) is 0 Å². The van der Waals surface area contributed by atoms with Gasteiger partial charge in [-0.25, -0.2) is 0 Å².